The van der Waals surface area contributed by atoms with Gasteiger partial charge in [0.05, 0.1) is 5.54 Å². The number of Topliss-reactive ketones (excluding diaryl/α,β-unsaturated/α-hetero) is 1. The molecule has 0 radical (unpaired) electrons. The summed E-state index contributed by atoms with van der Waals surface area (Å²) < 4.78 is 1.07. The van der Waals surface area contributed by atoms with Gasteiger partial charge in [-0.2, -0.15) is 0 Å². The second kappa shape index (κ2) is 7.03. The number of benzene rings is 1. The van der Waals surface area contributed by atoms with Gasteiger partial charge in [-0.1, -0.05) is 28.1 Å². The maximum Gasteiger partial charge on any atom is 0.149 e. The van der Waals surface area contributed by atoms with E-state index in [2.05, 4.69) is 45.3 Å². The number of carbonyl (C=O) groups is 1. The average Bonchev–Trinajstić information content (AvgIpc) is 2.44. The lowest BCUT2D eigenvalue weighted by molar-refractivity contribution is -0.123. The van der Waals surface area contributed by atoms with Crippen molar-refractivity contribution < 1.29 is 4.79 Å². The number of ketones is 1. The molecule has 0 spiro atoms. The molecule has 1 aliphatic heterocycles. The fraction of sp³-hybridized carbons (Fsp3) is 0.588. The molecule has 0 bridgehead atoms. The van der Waals surface area contributed by atoms with Gasteiger partial charge >= 0.3 is 0 Å². The first-order chi connectivity index (χ1) is 9.89. The lowest BCUT2D eigenvalue weighted by Crippen LogP contribution is -2.56. The first kappa shape index (κ1) is 16.7. The Hall–Kier alpha value is -0.710. The number of halogens is 1. The molecule has 3 nitrogen and oxygen atoms in total. The number of nitrogens with one attached hydrogen (secondary N) is 1. The van der Waals surface area contributed by atoms with E-state index in [1.54, 1.807) is 6.92 Å². The van der Waals surface area contributed by atoms with Crippen LogP contribution in [-0.4, -0.2) is 42.4 Å². The summed E-state index contributed by atoms with van der Waals surface area (Å²) in [5.41, 5.74) is 0.713. The Morgan fingerprint density at radius 3 is 2.43 bits per heavy atom. The van der Waals surface area contributed by atoms with Crippen LogP contribution in [0.25, 0.3) is 0 Å². The summed E-state index contributed by atoms with van der Waals surface area (Å²) in [5, 5.41) is 3.63. The number of carbonyl (C=O) groups excluding carboxylic acids is 1. The van der Waals surface area contributed by atoms with Crippen molar-refractivity contribution in [1.82, 2.24) is 10.2 Å². The summed E-state index contributed by atoms with van der Waals surface area (Å²) in [7, 11) is 2.15. The van der Waals surface area contributed by atoms with Crippen LogP contribution in [0.3, 0.4) is 0 Å². The first-order valence-electron chi connectivity index (χ1n) is 7.61. The molecule has 0 amide bonds. The van der Waals surface area contributed by atoms with E-state index in [1.165, 1.54) is 5.56 Å². The van der Waals surface area contributed by atoms with Crippen molar-refractivity contribution >= 4 is 21.7 Å². The normalized spacial score (nSPS) is 20.2. The molecule has 1 saturated heterocycles. The minimum atomic E-state index is -0.478. The number of piperidine rings is 1. The molecule has 21 heavy (non-hydrogen) atoms. The largest absolute Gasteiger partial charge is 0.306 e. The van der Waals surface area contributed by atoms with Crippen molar-refractivity contribution in [3.05, 3.63) is 34.3 Å². The van der Waals surface area contributed by atoms with Gasteiger partial charge in [0.2, 0.25) is 0 Å². The molecule has 1 fully saturated rings. The van der Waals surface area contributed by atoms with Crippen molar-refractivity contribution in [2.75, 3.05) is 20.1 Å². The molecule has 1 unspecified atom stereocenters. The maximum atomic E-state index is 12.2. The van der Waals surface area contributed by atoms with E-state index in [0.29, 0.717) is 6.04 Å². The van der Waals surface area contributed by atoms with E-state index < -0.39 is 5.54 Å². The van der Waals surface area contributed by atoms with E-state index in [0.717, 1.165) is 36.8 Å². The monoisotopic (exact) mass is 352 g/mol. The van der Waals surface area contributed by atoms with Crippen LogP contribution in [0.5, 0.6) is 0 Å². The Kier molecular flexibility index (Phi) is 5.58. The quantitative estimate of drug-likeness (QED) is 0.883. The molecular weight excluding hydrogens is 328 g/mol. The molecule has 0 saturated carbocycles. The molecule has 1 atom stereocenters. The number of likely N-dealkylation sites (tertiary alicyclic amines) is 1. The van der Waals surface area contributed by atoms with Gasteiger partial charge in [-0.15, -0.1) is 0 Å². The third-order valence-corrected chi connectivity index (χ3v) is 5.02. The number of hydrogen-bond donors (Lipinski definition) is 1. The molecule has 1 aromatic rings. The van der Waals surface area contributed by atoms with Crippen LogP contribution >= 0.6 is 15.9 Å². The summed E-state index contributed by atoms with van der Waals surface area (Å²) in [4.78, 5) is 14.5. The Bertz CT molecular complexity index is 480. The maximum absolute atomic E-state index is 12.2. The number of hydrogen-bond acceptors (Lipinski definition) is 3. The zero-order valence-corrected chi connectivity index (χ0v) is 14.7. The smallest absolute Gasteiger partial charge is 0.149 e. The SMILES string of the molecule is CC(=O)C(C)(Cc1ccc(Br)cc1)NC1CCN(C)CC1. The summed E-state index contributed by atoms with van der Waals surface area (Å²) in [6.07, 6.45) is 2.96. The van der Waals surface area contributed by atoms with E-state index in [4.69, 9.17) is 0 Å². The predicted molar refractivity (Wildman–Crippen MR) is 90.6 cm³/mol. The second-order valence-corrected chi connectivity index (χ2v) is 7.33. The van der Waals surface area contributed by atoms with E-state index in [9.17, 15) is 4.79 Å². The average molecular weight is 353 g/mol. The highest BCUT2D eigenvalue weighted by atomic mass is 79.9. The molecule has 4 heteroatoms. The molecule has 1 N–H and O–H groups in total. The minimum absolute atomic E-state index is 0.212. The van der Waals surface area contributed by atoms with Crippen molar-refractivity contribution in [2.45, 2.75) is 44.7 Å². The summed E-state index contributed by atoms with van der Waals surface area (Å²) >= 11 is 3.45. The highest BCUT2D eigenvalue weighted by molar-refractivity contribution is 9.10. The fourth-order valence-corrected chi connectivity index (χ4v) is 3.16. The van der Waals surface area contributed by atoms with Gasteiger partial charge in [0.1, 0.15) is 5.78 Å². The molecule has 0 aromatic heterocycles. The second-order valence-electron chi connectivity index (χ2n) is 6.41. The van der Waals surface area contributed by atoms with Crippen LogP contribution in [0.15, 0.2) is 28.7 Å². The standard InChI is InChI=1S/C17H25BrN2O/c1-13(21)17(2,12-14-4-6-15(18)7-5-14)19-16-8-10-20(3)11-9-16/h4-7,16,19H,8-12H2,1-3H3. The highest BCUT2D eigenvalue weighted by Crippen LogP contribution is 2.20. The van der Waals surface area contributed by atoms with Crippen molar-refractivity contribution in [2.24, 2.45) is 0 Å². The molecule has 0 aliphatic carbocycles. The van der Waals surface area contributed by atoms with Crippen LogP contribution < -0.4 is 5.32 Å². The van der Waals surface area contributed by atoms with Crippen LogP contribution in [0.1, 0.15) is 32.3 Å². The first-order valence-corrected chi connectivity index (χ1v) is 8.40. The molecular formula is C17H25BrN2O. The third kappa shape index (κ3) is 4.63. The van der Waals surface area contributed by atoms with Crippen LogP contribution in [-0.2, 0) is 11.2 Å². The van der Waals surface area contributed by atoms with Gasteiger partial charge in [-0.05, 0) is 70.9 Å². The zero-order valence-electron chi connectivity index (χ0n) is 13.2. The Balaban J connectivity index is 2.05. The Morgan fingerprint density at radius 1 is 1.33 bits per heavy atom. The summed E-state index contributed by atoms with van der Waals surface area (Å²) in [5.74, 6) is 0.212. The van der Waals surface area contributed by atoms with Gasteiger partial charge in [0, 0.05) is 10.5 Å². The lowest BCUT2D eigenvalue weighted by atomic mass is 9.87. The lowest BCUT2D eigenvalue weighted by Gasteiger charge is -2.37. The molecule has 2 rings (SSSR count). The minimum Gasteiger partial charge on any atom is -0.306 e. The van der Waals surface area contributed by atoms with Crippen LogP contribution in [0.2, 0.25) is 0 Å². The molecule has 1 heterocycles. The van der Waals surface area contributed by atoms with Crippen molar-refractivity contribution in [1.29, 1.82) is 0 Å². The van der Waals surface area contributed by atoms with Gasteiger partial charge in [0.25, 0.3) is 0 Å². The highest BCUT2D eigenvalue weighted by Gasteiger charge is 2.33. The number of rotatable bonds is 5. The van der Waals surface area contributed by atoms with E-state index in [-0.39, 0.29) is 5.78 Å². The fourth-order valence-electron chi connectivity index (χ4n) is 2.89. The van der Waals surface area contributed by atoms with Crippen LogP contribution in [0, 0.1) is 0 Å². The summed E-state index contributed by atoms with van der Waals surface area (Å²) in [6, 6.07) is 8.67. The van der Waals surface area contributed by atoms with Crippen molar-refractivity contribution in [3.63, 3.8) is 0 Å². The van der Waals surface area contributed by atoms with E-state index >= 15 is 0 Å². The Labute approximate surface area is 136 Å². The van der Waals surface area contributed by atoms with Crippen molar-refractivity contribution in [3.8, 4) is 0 Å². The van der Waals surface area contributed by atoms with E-state index in [1.807, 2.05) is 19.1 Å². The van der Waals surface area contributed by atoms with Gasteiger partial charge < -0.3 is 10.2 Å². The third-order valence-electron chi connectivity index (χ3n) is 4.49. The molecule has 116 valence electrons. The summed E-state index contributed by atoms with van der Waals surface area (Å²) in [6.45, 7) is 5.93. The Morgan fingerprint density at radius 2 is 1.90 bits per heavy atom. The van der Waals surface area contributed by atoms with Gasteiger partial charge in [-0.3, -0.25) is 4.79 Å². The molecule has 1 aromatic carbocycles. The molecule has 1 aliphatic rings. The predicted octanol–water partition coefficient (Wildman–Crippen LogP) is 3.02. The topological polar surface area (TPSA) is 32.3 Å². The van der Waals surface area contributed by atoms with Gasteiger partial charge in [0.15, 0.2) is 0 Å². The van der Waals surface area contributed by atoms with Crippen LogP contribution in [0.4, 0.5) is 0 Å². The zero-order chi connectivity index (χ0) is 15.5. The van der Waals surface area contributed by atoms with Gasteiger partial charge in [-0.25, -0.2) is 0 Å². The number of nitrogens with zero attached hydrogens (tertiary/aromatic N) is 1.